The lowest BCUT2D eigenvalue weighted by Gasteiger charge is -2.39. The highest BCUT2D eigenvalue weighted by molar-refractivity contribution is 6.06. The minimum atomic E-state index is -0.758. The molecule has 1 aliphatic heterocycles. The van der Waals surface area contributed by atoms with Gasteiger partial charge in [0.25, 0.3) is 11.8 Å². The van der Waals surface area contributed by atoms with Crippen LogP contribution in [-0.2, 0) is 9.59 Å². The number of amides is 3. The van der Waals surface area contributed by atoms with E-state index in [0.29, 0.717) is 12.1 Å². The van der Waals surface area contributed by atoms with Gasteiger partial charge in [-0.15, -0.1) is 0 Å². The fourth-order valence-corrected chi connectivity index (χ4v) is 2.41. The molecule has 2 atom stereocenters. The first-order valence-electron chi connectivity index (χ1n) is 7.56. The number of anilines is 1. The molecule has 0 bridgehead atoms. The molecule has 7 nitrogen and oxygen atoms in total. The van der Waals surface area contributed by atoms with Gasteiger partial charge in [-0.25, -0.2) is 0 Å². The molecular formula is C17H17N3O4. The van der Waals surface area contributed by atoms with E-state index in [-0.39, 0.29) is 5.91 Å². The smallest absolute Gasteiger partial charge is 0.255 e. The predicted molar refractivity (Wildman–Crippen MR) is 86.4 cm³/mol. The van der Waals surface area contributed by atoms with Gasteiger partial charge in [0.2, 0.25) is 5.91 Å². The number of carbonyl (C=O) groups is 3. The number of carbonyl (C=O) groups excluding carboxylic acids is 3. The van der Waals surface area contributed by atoms with Gasteiger partial charge in [0.05, 0.1) is 18.4 Å². The first-order valence-corrected chi connectivity index (χ1v) is 7.56. The van der Waals surface area contributed by atoms with Crippen molar-refractivity contribution in [2.24, 2.45) is 0 Å². The molecule has 0 spiro atoms. The van der Waals surface area contributed by atoms with Gasteiger partial charge in [-0.3, -0.25) is 14.4 Å². The fraction of sp³-hybridized carbons (Fsp3) is 0.235. The Labute approximate surface area is 138 Å². The zero-order valence-electron chi connectivity index (χ0n) is 13.1. The van der Waals surface area contributed by atoms with Crippen molar-refractivity contribution in [2.75, 3.05) is 11.4 Å². The van der Waals surface area contributed by atoms with Gasteiger partial charge in [-0.1, -0.05) is 18.2 Å². The summed E-state index contributed by atoms with van der Waals surface area (Å²) in [4.78, 5) is 37.7. The van der Waals surface area contributed by atoms with Crippen LogP contribution in [0.15, 0.2) is 53.3 Å². The highest BCUT2D eigenvalue weighted by Gasteiger charge is 2.39. The summed E-state index contributed by atoms with van der Waals surface area (Å²) in [7, 11) is 0. The zero-order chi connectivity index (χ0) is 17.1. The van der Waals surface area contributed by atoms with E-state index in [1.165, 1.54) is 18.6 Å². The number of rotatable bonds is 5. The number of hydrogen-bond donors (Lipinski definition) is 2. The summed E-state index contributed by atoms with van der Waals surface area (Å²) in [6.45, 7) is 1.97. The Morgan fingerprint density at radius 2 is 2.00 bits per heavy atom. The quantitative estimate of drug-likeness (QED) is 0.799. The van der Waals surface area contributed by atoms with Crippen molar-refractivity contribution in [3.8, 4) is 0 Å². The van der Waals surface area contributed by atoms with Crippen molar-refractivity contribution in [3.63, 3.8) is 0 Å². The Kier molecular flexibility index (Phi) is 4.33. The summed E-state index contributed by atoms with van der Waals surface area (Å²) in [5.41, 5.74) is 1.14. The predicted octanol–water partition coefficient (Wildman–Crippen LogP) is 0.929. The molecule has 3 amide bonds. The summed E-state index contributed by atoms with van der Waals surface area (Å²) in [6, 6.07) is 9.43. The molecule has 1 saturated heterocycles. The molecular weight excluding hydrogens is 310 g/mol. The van der Waals surface area contributed by atoms with E-state index in [0.717, 1.165) is 5.69 Å². The molecule has 0 unspecified atom stereocenters. The monoisotopic (exact) mass is 327 g/mol. The lowest BCUT2D eigenvalue weighted by molar-refractivity contribution is -0.131. The van der Waals surface area contributed by atoms with Crippen LogP contribution in [-0.4, -0.2) is 36.3 Å². The number of nitrogens with one attached hydrogen (secondary N) is 2. The third kappa shape index (κ3) is 3.15. The molecule has 2 heterocycles. The van der Waals surface area contributed by atoms with Crippen molar-refractivity contribution in [1.29, 1.82) is 0 Å². The Morgan fingerprint density at radius 3 is 2.62 bits per heavy atom. The third-order valence-electron chi connectivity index (χ3n) is 3.84. The van der Waals surface area contributed by atoms with Gasteiger partial charge < -0.3 is 20.0 Å². The van der Waals surface area contributed by atoms with Gasteiger partial charge >= 0.3 is 0 Å². The van der Waals surface area contributed by atoms with Gasteiger partial charge in [0, 0.05) is 5.69 Å². The standard InChI is InChI=1S/C17H17N3O4/c1-11(18-16(22)12-7-8-24-10-12)15(21)19-14-9-20(17(14)23)13-5-3-2-4-6-13/h2-8,10-11,14H,9H2,1H3,(H,18,22)(H,19,21)/t11-,14+/m1/s1. The van der Waals surface area contributed by atoms with E-state index < -0.39 is 23.9 Å². The van der Waals surface area contributed by atoms with E-state index in [4.69, 9.17) is 4.42 Å². The molecule has 1 aromatic heterocycles. The van der Waals surface area contributed by atoms with Gasteiger partial charge in [0.1, 0.15) is 18.3 Å². The SMILES string of the molecule is C[C@@H](NC(=O)c1ccoc1)C(=O)N[C@H]1CN(c2ccccc2)C1=O. The van der Waals surface area contributed by atoms with Crippen molar-refractivity contribution in [2.45, 2.75) is 19.0 Å². The van der Waals surface area contributed by atoms with Crippen LogP contribution in [0.25, 0.3) is 0 Å². The summed E-state index contributed by atoms with van der Waals surface area (Å²) in [5, 5.41) is 5.21. The second kappa shape index (κ2) is 6.57. The van der Waals surface area contributed by atoms with Crippen LogP contribution >= 0.6 is 0 Å². The van der Waals surface area contributed by atoms with Crippen molar-refractivity contribution < 1.29 is 18.8 Å². The first-order chi connectivity index (χ1) is 11.6. The number of para-hydroxylation sites is 1. The molecule has 7 heteroatoms. The molecule has 2 N–H and O–H groups in total. The maximum absolute atomic E-state index is 12.1. The maximum atomic E-state index is 12.1. The Bertz CT molecular complexity index is 742. The van der Waals surface area contributed by atoms with Gasteiger partial charge in [-0.2, -0.15) is 0 Å². The maximum Gasteiger partial charge on any atom is 0.255 e. The summed E-state index contributed by atoms with van der Waals surface area (Å²) in [5.74, 6) is -0.974. The van der Waals surface area contributed by atoms with Crippen molar-refractivity contribution in [3.05, 3.63) is 54.5 Å². The zero-order valence-corrected chi connectivity index (χ0v) is 13.1. The molecule has 3 rings (SSSR count). The first kappa shape index (κ1) is 15.8. The van der Waals surface area contributed by atoms with E-state index in [1.54, 1.807) is 11.8 Å². The topological polar surface area (TPSA) is 91.7 Å². The molecule has 1 aliphatic rings. The number of benzene rings is 1. The molecule has 0 aliphatic carbocycles. The number of β-lactam (4-membered cyclic amide) rings is 1. The second-order valence-corrected chi connectivity index (χ2v) is 5.55. The Hall–Kier alpha value is -3.09. The Morgan fingerprint density at radius 1 is 1.25 bits per heavy atom. The van der Waals surface area contributed by atoms with Crippen LogP contribution < -0.4 is 15.5 Å². The van der Waals surface area contributed by atoms with Crippen LogP contribution in [0.5, 0.6) is 0 Å². The van der Waals surface area contributed by atoms with Crippen molar-refractivity contribution >= 4 is 23.4 Å². The third-order valence-corrected chi connectivity index (χ3v) is 3.84. The Balaban J connectivity index is 1.51. The highest BCUT2D eigenvalue weighted by Crippen LogP contribution is 2.21. The molecule has 0 saturated carbocycles. The van der Waals surface area contributed by atoms with E-state index >= 15 is 0 Å². The lowest BCUT2D eigenvalue weighted by Crippen LogP contribution is -2.65. The lowest BCUT2D eigenvalue weighted by atomic mass is 10.1. The average Bonchev–Trinajstić information content (AvgIpc) is 3.13. The average molecular weight is 327 g/mol. The molecule has 1 fully saturated rings. The second-order valence-electron chi connectivity index (χ2n) is 5.55. The van der Waals surface area contributed by atoms with Crippen LogP contribution in [0.2, 0.25) is 0 Å². The highest BCUT2D eigenvalue weighted by atomic mass is 16.3. The summed E-state index contributed by atoms with van der Waals surface area (Å²) < 4.78 is 4.83. The summed E-state index contributed by atoms with van der Waals surface area (Å²) in [6.07, 6.45) is 2.68. The molecule has 2 aromatic rings. The van der Waals surface area contributed by atoms with Gasteiger partial charge in [0.15, 0.2) is 0 Å². The van der Waals surface area contributed by atoms with E-state index in [1.807, 2.05) is 30.3 Å². The van der Waals surface area contributed by atoms with Crippen LogP contribution in [0.3, 0.4) is 0 Å². The minimum Gasteiger partial charge on any atom is -0.472 e. The summed E-state index contributed by atoms with van der Waals surface area (Å²) >= 11 is 0. The fourth-order valence-electron chi connectivity index (χ4n) is 2.41. The molecule has 124 valence electrons. The largest absolute Gasteiger partial charge is 0.472 e. The normalized spacial score (nSPS) is 17.8. The van der Waals surface area contributed by atoms with Crippen molar-refractivity contribution in [1.82, 2.24) is 10.6 Å². The molecule has 1 aromatic carbocycles. The molecule has 24 heavy (non-hydrogen) atoms. The van der Waals surface area contributed by atoms with Gasteiger partial charge in [-0.05, 0) is 25.1 Å². The van der Waals surface area contributed by atoms with E-state index in [9.17, 15) is 14.4 Å². The minimum absolute atomic E-state index is 0.164. The number of nitrogens with zero attached hydrogens (tertiary/aromatic N) is 1. The van der Waals surface area contributed by atoms with Crippen LogP contribution in [0, 0.1) is 0 Å². The van der Waals surface area contributed by atoms with Crippen LogP contribution in [0.4, 0.5) is 5.69 Å². The van der Waals surface area contributed by atoms with E-state index in [2.05, 4.69) is 10.6 Å². The molecule has 0 radical (unpaired) electrons. The number of hydrogen-bond acceptors (Lipinski definition) is 4. The number of furan rings is 1. The van der Waals surface area contributed by atoms with Crippen LogP contribution in [0.1, 0.15) is 17.3 Å².